The molecule has 1 aliphatic heterocycles. The summed E-state index contributed by atoms with van der Waals surface area (Å²) >= 11 is 1.42. The summed E-state index contributed by atoms with van der Waals surface area (Å²) < 4.78 is 0. The molecule has 25 heavy (non-hydrogen) atoms. The summed E-state index contributed by atoms with van der Waals surface area (Å²) in [6, 6.07) is 2.16. The molecule has 4 nitrogen and oxygen atoms in total. The quantitative estimate of drug-likeness (QED) is 0.709. The van der Waals surface area contributed by atoms with E-state index in [9.17, 15) is 4.79 Å². The van der Waals surface area contributed by atoms with Crippen LogP contribution in [0.2, 0.25) is 0 Å². The molecule has 2 aliphatic rings. The molecule has 0 saturated heterocycles. The summed E-state index contributed by atoms with van der Waals surface area (Å²) in [5.74, 6) is 1.14. The highest BCUT2D eigenvalue weighted by molar-refractivity contribution is 8.14. The fourth-order valence-corrected chi connectivity index (χ4v) is 3.60. The Morgan fingerprint density at radius 1 is 1.36 bits per heavy atom. The number of amidine groups is 1. The van der Waals surface area contributed by atoms with E-state index in [0.717, 1.165) is 19.3 Å². The molecule has 0 spiro atoms. The van der Waals surface area contributed by atoms with Crippen molar-refractivity contribution in [2.45, 2.75) is 59.3 Å². The number of thioether (sulfide) groups is 1. The van der Waals surface area contributed by atoms with E-state index in [0.29, 0.717) is 34.5 Å². The smallest absolute Gasteiger partial charge is 0.226 e. The van der Waals surface area contributed by atoms with Crippen molar-refractivity contribution in [3.8, 4) is 6.07 Å². The second kappa shape index (κ2) is 12.5. The van der Waals surface area contributed by atoms with Gasteiger partial charge in [0.05, 0.1) is 17.3 Å². The Kier molecular flexibility index (Phi) is 10.7. The van der Waals surface area contributed by atoms with E-state index < -0.39 is 0 Å². The molecule has 0 bridgehead atoms. The maximum Gasteiger partial charge on any atom is 0.226 e. The van der Waals surface area contributed by atoms with Crippen LogP contribution in [0.4, 0.5) is 0 Å². The van der Waals surface area contributed by atoms with E-state index in [4.69, 9.17) is 5.26 Å². The lowest BCUT2D eigenvalue weighted by atomic mass is 10.0. The van der Waals surface area contributed by atoms with Crippen molar-refractivity contribution in [1.82, 2.24) is 5.32 Å². The Balaban J connectivity index is 0.000000550. The van der Waals surface area contributed by atoms with Crippen molar-refractivity contribution in [2.75, 3.05) is 5.75 Å². The molecule has 5 heteroatoms. The minimum Gasteiger partial charge on any atom is -0.305 e. The monoisotopic (exact) mass is 359 g/mol. The van der Waals surface area contributed by atoms with Crippen LogP contribution in [-0.4, -0.2) is 16.8 Å². The Hall–Kier alpha value is -1.80. The molecule has 136 valence electrons. The second-order valence-electron chi connectivity index (χ2n) is 6.06. The molecule has 1 heterocycles. The summed E-state index contributed by atoms with van der Waals surface area (Å²) in [5, 5.41) is 12.5. The highest BCUT2D eigenvalue weighted by Crippen LogP contribution is 2.27. The lowest BCUT2D eigenvalue weighted by Gasteiger charge is -2.15. The zero-order valence-corrected chi connectivity index (χ0v) is 16.4. The molecule has 0 aromatic rings. The number of nitrogens with zero attached hydrogens (tertiary/aromatic N) is 2. The SMILES string of the molecule is C/C=C/C1=C(C#N)CSC(NC(=O)CC2CCCC2)=N1.C/C=C\CC. The molecular weight excluding hydrogens is 330 g/mol. The first kappa shape index (κ1) is 21.2. The van der Waals surface area contributed by atoms with Crippen molar-refractivity contribution in [3.63, 3.8) is 0 Å². The number of aliphatic imine (C=N–C) groups is 1. The lowest BCUT2D eigenvalue weighted by molar-refractivity contribution is -0.120. The van der Waals surface area contributed by atoms with Gasteiger partial charge in [-0.3, -0.25) is 4.79 Å². The number of hydrogen-bond acceptors (Lipinski definition) is 4. The summed E-state index contributed by atoms with van der Waals surface area (Å²) in [4.78, 5) is 16.3. The highest BCUT2D eigenvalue weighted by atomic mass is 32.2. The number of rotatable bonds is 4. The van der Waals surface area contributed by atoms with E-state index >= 15 is 0 Å². The molecule has 0 atom stereocenters. The van der Waals surface area contributed by atoms with Gasteiger partial charge >= 0.3 is 0 Å². The van der Waals surface area contributed by atoms with Crippen LogP contribution in [0.25, 0.3) is 0 Å². The number of carbonyl (C=O) groups is 1. The standard InChI is InChI=1S/C15H19N3OS.C5H10/c1-2-5-13-12(9-16)10-20-15(17-13)18-14(19)8-11-6-3-4-7-11;1-3-5-4-2/h2,5,11H,3-4,6-8,10H2,1H3,(H,17,18,19);3,5H,4H2,1-2H3/b5-2+;5-3-. The van der Waals surface area contributed by atoms with Crippen LogP contribution in [0.5, 0.6) is 0 Å². The van der Waals surface area contributed by atoms with Gasteiger partial charge in [-0.05, 0) is 45.1 Å². The maximum absolute atomic E-state index is 12.0. The molecule has 1 aliphatic carbocycles. The average molecular weight is 360 g/mol. The molecule has 0 radical (unpaired) electrons. The molecule has 1 N–H and O–H groups in total. The number of nitrogens with one attached hydrogen (secondary N) is 1. The molecule has 1 saturated carbocycles. The van der Waals surface area contributed by atoms with Gasteiger partial charge in [-0.2, -0.15) is 5.26 Å². The third-order valence-corrected chi connectivity index (χ3v) is 4.91. The first-order valence-corrected chi connectivity index (χ1v) is 10.0. The van der Waals surface area contributed by atoms with Crippen LogP contribution >= 0.6 is 11.8 Å². The Morgan fingerprint density at radius 2 is 2.08 bits per heavy atom. The van der Waals surface area contributed by atoms with Gasteiger partial charge in [-0.25, -0.2) is 4.99 Å². The number of carbonyl (C=O) groups excluding carboxylic acids is 1. The van der Waals surface area contributed by atoms with Crippen molar-refractivity contribution >= 4 is 22.8 Å². The minimum absolute atomic E-state index is 0.0448. The Labute approximate surface area is 156 Å². The summed E-state index contributed by atoms with van der Waals surface area (Å²) in [5.41, 5.74) is 1.31. The molecule has 0 unspecified atom stereocenters. The van der Waals surface area contributed by atoms with Gasteiger partial charge in [0.25, 0.3) is 0 Å². The number of nitriles is 1. The minimum atomic E-state index is 0.0448. The molecular formula is C20H29N3OS. The van der Waals surface area contributed by atoms with Crippen molar-refractivity contribution in [2.24, 2.45) is 10.9 Å². The van der Waals surface area contributed by atoms with Gasteiger partial charge in [-0.1, -0.05) is 49.8 Å². The van der Waals surface area contributed by atoms with Gasteiger partial charge in [0.2, 0.25) is 5.91 Å². The van der Waals surface area contributed by atoms with Crippen LogP contribution < -0.4 is 5.32 Å². The Morgan fingerprint density at radius 3 is 2.60 bits per heavy atom. The van der Waals surface area contributed by atoms with Crippen LogP contribution in [0.1, 0.15) is 59.3 Å². The van der Waals surface area contributed by atoms with Gasteiger partial charge in [0.1, 0.15) is 0 Å². The first-order valence-electron chi connectivity index (χ1n) is 9.02. The second-order valence-corrected chi connectivity index (χ2v) is 7.03. The van der Waals surface area contributed by atoms with E-state index in [1.165, 1.54) is 24.6 Å². The van der Waals surface area contributed by atoms with E-state index in [2.05, 4.69) is 35.5 Å². The highest BCUT2D eigenvalue weighted by Gasteiger charge is 2.20. The van der Waals surface area contributed by atoms with Gasteiger partial charge in [0.15, 0.2) is 5.17 Å². The predicted molar refractivity (Wildman–Crippen MR) is 107 cm³/mol. The largest absolute Gasteiger partial charge is 0.305 e. The predicted octanol–water partition coefficient (Wildman–Crippen LogP) is 5.11. The third kappa shape index (κ3) is 8.22. The van der Waals surface area contributed by atoms with E-state index in [1.54, 1.807) is 6.08 Å². The number of hydrogen-bond donors (Lipinski definition) is 1. The van der Waals surface area contributed by atoms with Crippen LogP contribution in [0.3, 0.4) is 0 Å². The van der Waals surface area contributed by atoms with Crippen molar-refractivity contribution in [1.29, 1.82) is 5.26 Å². The molecule has 1 amide bonds. The zero-order valence-electron chi connectivity index (χ0n) is 15.5. The third-order valence-electron chi connectivity index (χ3n) is 4.01. The van der Waals surface area contributed by atoms with Crippen LogP contribution in [0.15, 0.2) is 40.6 Å². The molecule has 2 rings (SSSR count). The Bertz CT molecular complexity index is 591. The van der Waals surface area contributed by atoms with Crippen molar-refractivity contribution in [3.05, 3.63) is 35.6 Å². The number of allylic oxidation sites excluding steroid dienone is 4. The number of amides is 1. The zero-order chi connectivity index (χ0) is 18.5. The van der Waals surface area contributed by atoms with E-state index in [-0.39, 0.29) is 5.91 Å². The molecule has 1 fully saturated rings. The molecule has 0 aromatic heterocycles. The fraction of sp³-hybridized carbons (Fsp3) is 0.550. The summed E-state index contributed by atoms with van der Waals surface area (Å²) in [6.45, 7) is 6.04. The first-order chi connectivity index (χ1) is 12.1. The summed E-state index contributed by atoms with van der Waals surface area (Å²) in [7, 11) is 0. The van der Waals surface area contributed by atoms with Gasteiger partial charge in [-0.15, -0.1) is 0 Å². The van der Waals surface area contributed by atoms with Gasteiger partial charge in [0, 0.05) is 12.2 Å². The summed E-state index contributed by atoms with van der Waals surface area (Å²) in [6.07, 6.45) is 14.4. The van der Waals surface area contributed by atoms with Crippen LogP contribution in [0, 0.1) is 17.2 Å². The molecule has 0 aromatic carbocycles. The normalized spacial score (nSPS) is 18.1. The van der Waals surface area contributed by atoms with Crippen molar-refractivity contribution < 1.29 is 4.79 Å². The van der Waals surface area contributed by atoms with E-state index in [1.807, 2.05) is 19.9 Å². The topological polar surface area (TPSA) is 65.2 Å². The lowest BCUT2D eigenvalue weighted by Crippen LogP contribution is -2.31. The average Bonchev–Trinajstić information content (AvgIpc) is 3.09. The van der Waals surface area contributed by atoms with Crippen LogP contribution in [-0.2, 0) is 4.79 Å². The van der Waals surface area contributed by atoms with Gasteiger partial charge < -0.3 is 5.32 Å². The fourth-order valence-electron chi connectivity index (χ4n) is 2.76. The maximum atomic E-state index is 12.0.